The van der Waals surface area contributed by atoms with Crippen LogP contribution in [0.5, 0.6) is 0 Å². The summed E-state index contributed by atoms with van der Waals surface area (Å²) in [6.45, 7) is 18.2. The molecule has 16 rings (SSSR count). The largest absolute Gasteiger partial charge is 0.392 e. The molecule has 6 N–H and O–H groups in total. The van der Waals surface area contributed by atoms with Gasteiger partial charge in [-0.2, -0.15) is 0 Å². The molecule has 7 fully saturated rings. The summed E-state index contributed by atoms with van der Waals surface area (Å²) in [6.07, 6.45) is 20.7. The van der Waals surface area contributed by atoms with Crippen molar-refractivity contribution in [2.45, 2.75) is 237 Å². The van der Waals surface area contributed by atoms with E-state index in [1.54, 1.807) is 0 Å². The van der Waals surface area contributed by atoms with Crippen molar-refractivity contribution in [1.29, 1.82) is 0 Å². The number of aliphatic hydroxyl groups excluding tert-OH is 2. The van der Waals surface area contributed by atoms with E-state index in [-0.39, 0.29) is 40.8 Å². The fraction of sp³-hybridized carbons (Fsp3) is 0.708. The number of nitrogens with zero attached hydrogens (tertiary/aromatic N) is 1. The van der Waals surface area contributed by atoms with Gasteiger partial charge < -0.3 is 44.6 Å². The normalized spacial score (nSPS) is 42.5. The number of ether oxygens (including phenoxy) is 2. The molecule has 9 aliphatic carbocycles. The van der Waals surface area contributed by atoms with Crippen molar-refractivity contribution < 1.29 is 39.2 Å². The molecule has 2 bridgehead atoms. The van der Waals surface area contributed by atoms with Crippen LogP contribution < -0.4 is 5.32 Å². The Bertz CT molecular complexity index is 3500. The van der Waals surface area contributed by atoms with Crippen molar-refractivity contribution >= 4 is 28.4 Å². The van der Waals surface area contributed by atoms with Gasteiger partial charge in [-0.1, -0.05) is 53.5 Å². The van der Waals surface area contributed by atoms with Crippen molar-refractivity contribution in [1.82, 2.24) is 19.9 Å². The van der Waals surface area contributed by atoms with E-state index in [0.717, 1.165) is 109 Å². The number of Topliss-reactive ketones (excluding diaryl/α,β-unsaturated/α-hetero) is 3. The van der Waals surface area contributed by atoms with Gasteiger partial charge in [-0.15, -0.1) is 0 Å². The van der Waals surface area contributed by atoms with Crippen LogP contribution in [0.15, 0.2) is 41.9 Å². The van der Waals surface area contributed by atoms with E-state index in [2.05, 4.69) is 85.2 Å². The van der Waals surface area contributed by atoms with E-state index >= 15 is 14.4 Å². The Kier molecular flexibility index (Phi) is 12.0. The molecular formula is C72H94N4O8. The lowest BCUT2D eigenvalue weighted by Crippen LogP contribution is -2.74. The van der Waals surface area contributed by atoms with E-state index < -0.39 is 62.3 Å². The Balaban J connectivity index is 0.904. The lowest BCUT2D eigenvalue weighted by Gasteiger charge is -2.76. The number of fused-ring (bicyclic) bond motifs is 12. The summed E-state index contributed by atoms with van der Waals surface area (Å²) in [6, 6.07) is 4.68. The molecule has 3 aliphatic heterocycles. The SMILES string of the molecule is CNCCC1(C)C(=O)C2c3cc[nH]c3C3CCC2(C3)C2(C)C1CCC1(C)C2C(O)C2Cn3cc(C4C(=O)CCc5c4cc4c(c5C5(O)CCOCC5)CCC5CCCCC45)c4[nH]cc(c43)CCC(C)(CC(O)C3OC3(C)C)C3=C2C1(C)CC3=O. The Hall–Kier alpha value is -4.17. The van der Waals surface area contributed by atoms with Crippen LogP contribution in [0.2, 0.25) is 0 Å². The van der Waals surface area contributed by atoms with Gasteiger partial charge in [-0.3, -0.25) is 14.4 Å². The van der Waals surface area contributed by atoms with Crippen LogP contribution in [0.3, 0.4) is 0 Å². The first-order valence-electron chi connectivity index (χ1n) is 33.5. The molecule has 4 aromatic rings. The molecule has 6 heterocycles. The van der Waals surface area contributed by atoms with Crippen LogP contribution in [-0.2, 0) is 55.3 Å². The molecule has 5 saturated carbocycles. The van der Waals surface area contributed by atoms with Crippen LogP contribution in [0.25, 0.3) is 11.0 Å². The van der Waals surface area contributed by atoms with E-state index in [0.29, 0.717) is 94.7 Å². The van der Waals surface area contributed by atoms with Gasteiger partial charge in [0.1, 0.15) is 17.7 Å². The van der Waals surface area contributed by atoms with Gasteiger partial charge in [-0.05, 0) is 219 Å². The second-order valence-corrected chi connectivity index (χ2v) is 32.0. The molecule has 3 aromatic heterocycles. The van der Waals surface area contributed by atoms with Gasteiger partial charge in [0, 0.05) is 97.6 Å². The van der Waals surface area contributed by atoms with Gasteiger partial charge >= 0.3 is 0 Å². The van der Waals surface area contributed by atoms with Crippen LogP contribution in [-0.4, -0.2) is 97.9 Å². The van der Waals surface area contributed by atoms with Crippen molar-refractivity contribution in [3.8, 4) is 0 Å². The summed E-state index contributed by atoms with van der Waals surface area (Å²) >= 11 is 0. The predicted octanol–water partition coefficient (Wildman–Crippen LogP) is 11.6. The third-order valence-electron chi connectivity index (χ3n) is 28.1. The first kappa shape index (κ1) is 55.2. The highest BCUT2D eigenvalue weighted by Gasteiger charge is 2.80. The minimum atomic E-state index is -1.02. The van der Waals surface area contributed by atoms with E-state index in [1.165, 1.54) is 47.2 Å². The lowest BCUT2D eigenvalue weighted by atomic mass is 9.28. The van der Waals surface area contributed by atoms with Gasteiger partial charge in [0.2, 0.25) is 0 Å². The van der Waals surface area contributed by atoms with E-state index in [4.69, 9.17) is 9.47 Å². The maximum Gasteiger partial charge on any atom is 0.160 e. The number of carbonyl (C=O) groups excluding carboxylic acids is 3. The summed E-state index contributed by atoms with van der Waals surface area (Å²) in [5.41, 5.74) is 9.55. The van der Waals surface area contributed by atoms with E-state index in [9.17, 15) is 15.3 Å². The maximum atomic E-state index is 16.1. The molecule has 1 spiro atoms. The molecule has 84 heavy (non-hydrogen) atoms. The summed E-state index contributed by atoms with van der Waals surface area (Å²) in [7, 11) is 2.00. The first-order valence-corrected chi connectivity index (χ1v) is 33.5. The number of aliphatic hydroxyl groups is 3. The predicted molar refractivity (Wildman–Crippen MR) is 322 cm³/mol. The first-order chi connectivity index (χ1) is 40.1. The number of hydrogen-bond acceptors (Lipinski definition) is 9. The third-order valence-corrected chi connectivity index (χ3v) is 28.1. The maximum absolute atomic E-state index is 16.1. The number of H-pyrrole nitrogens is 2. The Morgan fingerprint density at radius 1 is 0.845 bits per heavy atom. The van der Waals surface area contributed by atoms with Crippen molar-refractivity contribution in [2.24, 2.45) is 56.2 Å². The van der Waals surface area contributed by atoms with Crippen LogP contribution in [0.4, 0.5) is 0 Å². The van der Waals surface area contributed by atoms with E-state index in [1.807, 2.05) is 20.9 Å². The second-order valence-electron chi connectivity index (χ2n) is 32.0. The highest BCUT2D eigenvalue weighted by atomic mass is 16.6. The van der Waals surface area contributed by atoms with Gasteiger partial charge in [0.05, 0.1) is 46.3 Å². The minimum Gasteiger partial charge on any atom is -0.392 e. The third kappa shape index (κ3) is 6.96. The number of epoxide rings is 1. The molecule has 0 radical (unpaired) electrons. The van der Waals surface area contributed by atoms with Crippen molar-refractivity contribution in [3.63, 3.8) is 0 Å². The van der Waals surface area contributed by atoms with Crippen molar-refractivity contribution in [3.05, 3.63) is 92.1 Å². The molecule has 12 nitrogen and oxygen atoms in total. The Morgan fingerprint density at radius 2 is 1.62 bits per heavy atom. The molecule has 12 aliphatic rings. The summed E-state index contributed by atoms with van der Waals surface area (Å²) in [4.78, 5) is 55.0. The molecule has 450 valence electrons. The van der Waals surface area contributed by atoms with Crippen LogP contribution in [0.1, 0.15) is 231 Å². The number of ketones is 3. The topological polar surface area (TPSA) is 182 Å². The molecule has 12 heteroatoms. The quantitative estimate of drug-likeness (QED) is 0.0936. The van der Waals surface area contributed by atoms with Crippen molar-refractivity contribution in [2.75, 3.05) is 26.8 Å². The number of aromatic amines is 2. The highest BCUT2D eigenvalue weighted by Crippen LogP contribution is 2.84. The zero-order valence-electron chi connectivity index (χ0n) is 51.5. The average Bonchev–Trinajstić information content (AvgIpc) is 1.19. The number of aryl methyl sites for hydroxylation is 1. The Morgan fingerprint density at radius 3 is 2.39 bits per heavy atom. The number of allylic oxidation sites excluding steroid dienone is 1. The number of benzene rings is 1. The summed E-state index contributed by atoms with van der Waals surface area (Å²) in [5.74, 6) is 0.500. The summed E-state index contributed by atoms with van der Waals surface area (Å²) < 4.78 is 14.5. The standard InChI is InChI=1S/C72H94N4O8/c1-65(2)64(84-65)51(79)33-66(3)21-17-40-35-75-59-47(53-46-31-45-41-12-10-9-11-38(41)13-14-42(45)54(43(46)15-16-49(53)77)72(82)25-29-83-30-26-72)36-76(60(40)59)37-48-55-57(66)50(78)34-69(55,6)68(5)22-19-52-67(4,24-28-73-8)63(81)56-44-20-27-74-58(44)39-18-23-71(56,32-39)70(52,7)62(68)61(48)80/h20,27,31,35-36,38-39,41,48,51-53,56,61-62,64,73-75,79-80,82H,9-19,21-26,28-30,32-34,37H2,1-8H3. The summed E-state index contributed by atoms with van der Waals surface area (Å²) in [5, 5.41) is 43.6. The minimum absolute atomic E-state index is 0.0129. The number of aromatic nitrogens is 3. The number of hydrogen-bond donors (Lipinski definition) is 6. The lowest BCUT2D eigenvalue weighted by molar-refractivity contribution is -0.267. The molecule has 17 atom stereocenters. The highest BCUT2D eigenvalue weighted by molar-refractivity contribution is 6.02. The molecule has 1 aromatic carbocycles. The van der Waals surface area contributed by atoms with Crippen LogP contribution >= 0.6 is 0 Å². The zero-order chi connectivity index (χ0) is 58.2. The number of nitrogens with one attached hydrogen (secondary N) is 3. The fourth-order valence-corrected chi connectivity index (χ4v) is 24.2. The molecule has 17 unspecified atom stereocenters. The monoisotopic (exact) mass is 1140 g/mol. The molecule has 2 saturated heterocycles. The van der Waals surface area contributed by atoms with Gasteiger partial charge in [0.25, 0.3) is 0 Å². The average molecular weight is 1140 g/mol. The van der Waals surface area contributed by atoms with Gasteiger partial charge in [0.15, 0.2) is 5.78 Å². The number of rotatable bonds is 8. The smallest absolute Gasteiger partial charge is 0.160 e. The number of carbonyl (C=O) groups is 3. The zero-order valence-corrected chi connectivity index (χ0v) is 51.5. The molecular weight excluding hydrogens is 1050 g/mol. The van der Waals surface area contributed by atoms with Gasteiger partial charge in [-0.25, -0.2) is 0 Å². The second kappa shape index (κ2) is 18.2. The fourth-order valence-electron chi connectivity index (χ4n) is 24.2. The Labute approximate surface area is 496 Å². The molecule has 0 amide bonds. The van der Waals surface area contributed by atoms with Crippen LogP contribution in [0, 0.1) is 56.2 Å².